The van der Waals surface area contributed by atoms with Crippen LogP contribution in [0.1, 0.15) is 0 Å². The fourth-order valence-corrected chi connectivity index (χ4v) is 0. The van der Waals surface area contributed by atoms with E-state index < -0.39 is 29.0 Å². The quantitative estimate of drug-likeness (QED) is 0.331. The fraction of sp³-hybridized carbons (Fsp3) is 0. The van der Waals surface area contributed by atoms with Gasteiger partial charge in [0.15, 0.2) is 0 Å². The summed E-state index contributed by atoms with van der Waals surface area (Å²) in [6, 6.07) is 0. The summed E-state index contributed by atoms with van der Waals surface area (Å²) < 4.78 is 51.2. The van der Waals surface area contributed by atoms with Crippen molar-refractivity contribution in [2.75, 3.05) is 0 Å². The van der Waals surface area contributed by atoms with Crippen LogP contribution in [0.25, 0.3) is 0 Å². The summed E-state index contributed by atoms with van der Waals surface area (Å²) in [6.07, 6.45) is 0. The van der Waals surface area contributed by atoms with Crippen LogP contribution in [-0.2, 0) is 7.67 Å². The van der Waals surface area contributed by atoms with Crippen molar-refractivity contribution < 1.29 is 24.4 Å². The van der Waals surface area contributed by atoms with E-state index >= 15 is 0 Å². The zero-order valence-electron chi connectivity index (χ0n) is 3.77. The van der Waals surface area contributed by atoms with Gasteiger partial charge in [0.2, 0.25) is 0 Å². The average molecular weight is 461 g/mol. The minimum absolute atomic E-state index is 0. The molecule has 0 heterocycles. The molecule has 0 aliphatic heterocycles. The van der Waals surface area contributed by atoms with Gasteiger partial charge in [-0.25, -0.2) is 0 Å². The van der Waals surface area contributed by atoms with E-state index in [1.807, 2.05) is 0 Å². The molecule has 0 fully saturated rings. The molecule has 9 heteroatoms. The molecular weight excluding hydrogens is 461 g/mol. The molecule has 0 N–H and O–H groups in total. The predicted molar refractivity (Wildman–Crippen MR) is 18.6 cm³/mol. The van der Waals surface area contributed by atoms with E-state index in [0.29, 0.717) is 0 Å². The monoisotopic (exact) mass is 464 g/mol. The predicted octanol–water partition coefficient (Wildman–Crippen LogP) is -6.14. The van der Waals surface area contributed by atoms with Crippen LogP contribution in [0.4, 0.5) is 0 Å². The molecule has 0 aromatic carbocycles. The van der Waals surface area contributed by atoms with Crippen molar-refractivity contribution >= 4 is 56.3 Å². The summed E-state index contributed by atoms with van der Waals surface area (Å²) in [6.45, 7) is 0. The zero-order valence-corrected chi connectivity index (χ0v) is 11.1. The van der Waals surface area contributed by atoms with Gasteiger partial charge in [0.1, 0.15) is 0 Å². The van der Waals surface area contributed by atoms with Gasteiger partial charge in [-0.3, -0.25) is 0 Å². The first kappa shape index (κ1) is 16.8. The van der Waals surface area contributed by atoms with Crippen LogP contribution in [0.15, 0.2) is 0 Å². The van der Waals surface area contributed by atoms with Crippen molar-refractivity contribution in [2.45, 2.75) is 0 Å². The standard InChI is InChI=1S/2H2O3Se.Pb/c2*1-4(2)3;/h2*(H2,1,2,3);/q;;+4/p-4. The first-order chi connectivity index (χ1) is 3.46. The molecule has 9 heavy (non-hydrogen) atoms. The van der Waals surface area contributed by atoms with Crippen LogP contribution in [-0.4, -0.2) is 56.3 Å². The maximum absolute atomic E-state index is 8.54. The summed E-state index contributed by atoms with van der Waals surface area (Å²) in [5.74, 6) is 0. The van der Waals surface area contributed by atoms with E-state index in [-0.39, 0.29) is 27.3 Å². The first-order valence-electron chi connectivity index (χ1n) is 1.00. The largest absolute Gasteiger partial charge is 4.00 e. The minimum Gasteiger partial charge on any atom is 4.00 e. The number of rotatable bonds is 0. The second kappa shape index (κ2) is 12.1. The maximum atomic E-state index is 8.54. The van der Waals surface area contributed by atoms with E-state index in [0.717, 1.165) is 0 Å². The Hall–Kier alpha value is 1.40. The van der Waals surface area contributed by atoms with Gasteiger partial charge >= 0.3 is 80.7 Å². The second-order valence-corrected chi connectivity index (χ2v) is 2.12. The Morgan fingerprint density at radius 1 is 0.778 bits per heavy atom. The molecule has 0 aliphatic rings. The first-order valence-corrected chi connectivity index (χ1v) is 5.20. The van der Waals surface area contributed by atoms with Crippen LogP contribution in [0.3, 0.4) is 0 Å². The smallest absolute Gasteiger partial charge is 4.00 e. The summed E-state index contributed by atoms with van der Waals surface area (Å²) in [5, 5.41) is 0. The van der Waals surface area contributed by atoms with Crippen molar-refractivity contribution in [1.82, 2.24) is 0 Å². The maximum Gasteiger partial charge on any atom is 4.00 e. The van der Waals surface area contributed by atoms with Crippen molar-refractivity contribution in [3.63, 3.8) is 0 Å². The van der Waals surface area contributed by atoms with Gasteiger partial charge in [-0.15, -0.1) is 0 Å². The Labute approximate surface area is 80.1 Å². The van der Waals surface area contributed by atoms with Gasteiger partial charge in [-0.2, -0.15) is 0 Å². The molecule has 0 unspecified atom stereocenters. The summed E-state index contributed by atoms with van der Waals surface area (Å²) in [7, 11) is 0. The summed E-state index contributed by atoms with van der Waals surface area (Å²) >= 11 is -7.58. The normalized spacial score (nSPS) is 7.78. The van der Waals surface area contributed by atoms with Crippen LogP contribution >= 0.6 is 0 Å². The average Bonchev–Trinajstić information content (AvgIpc) is 1.25. The molecule has 6 nitrogen and oxygen atoms in total. The molecule has 0 aliphatic carbocycles. The van der Waals surface area contributed by atoms with E-state index in [1.165, 1.54) is 0 Å². The molecule has 52 valence electrons. The minimum atomic E-state index is -3.79. The third-order valence-corrected chi connectivity index (χ3v) is 0. The van der Waals surface area contributed by atoms with Gasteiger partial charge in [0.25, 0.3) is 0 Å². The Balaban J connectivity index is -0.0000000720. The van der Waals surface area contributed by atoms with Crippen LogP contribution in [0.5, 0.6) is 0 Å². The Bertz CT molecular complexity index is 69.1. The van der Waals surface area contributed by atoms with Gasteiger partial charge in [0.05, 0.1) is 0 Å². The van der Waals surface area contributed by atoms with Crippen LogP contribution < -0.4 is 16.8 Å². The molecule has 0 radical (unpaired) electrons. The molecule has 0 rings (SSSR count). The Morgan fingerprint density at radius 3 is 0.778 bits per heavy atom. The van der Waals surface area contributed by atoms with Gasteiger partial charge in [-0.05, 0) is 0 Å². The summed E-state index contributed by atoms with van der Waals surface area (Å²) in [4.78, 5) is 0. The van der Waals surface area contributed by atoms with Crippen molar-refractivity contribution in [3.8, 4) is 0 Å². The van der Waals surface area contributed by atoms with Crippen molar-refractivity contribution in [1.29, 1.82) is 0 Å². The van der Waals surface area contributed by atoms with E-state index in [4.69, 9.17) is 24.4 Å². The Kier molecular flexibility index (Phi) is 22.6. The van der Waals surface area contributed by atoms with Crippen molar-refractivity contribution in [3.05, 3.63) is 0 Å². The molecule has 0 amide bonds. The molecule has 0 aromatic rings. The molecule has 0 saturated heterocycles. The van der Waals surface area contributed by atoms with E-state index in [1.54, 1.807) is 0 Å². The fourth-order valence-electron chi connectivity index (χ4n) is 0. The molecule has 0 saturated carbocycles. The molecular formula is O6PbSe2. The van der Waals surface area contributed by atoms with Crippen molar-refractivity contribution in [2.24, 2.45) is 0 Å². The van der Waals surface area contributed by atoms with Crippen LogP contribution in [0, 0.1) is 0 Å². The summed E-state index contributed by atoms with van der Waals surface area (Å²) in [5.41, 5.74) is 0. The third-order valence-electron chi connectivity index (χ3n) is 0. The topological polar surface area (TPSA) is 126 Å². The third kappa shape index (κ3) is 262. The van der Waals surface area contributed by atoms with E-state index in [9.17, 15) is 0 Å². The molecule has 0 atom stereocenters. The molecule has 0 spiro atoms. The van der Waals surface area contributed by atoms with E-state index in [2.05, 4.69) is 0 Å². The van der Waals surface area contributed by atoms with Gasteiger partial charge < -0.3 is 0 Å². The number of hydrogen-bond acceptors (Lipinski definition) is 6. The Morgan fingerprint density at radius 2 is 0.778 bits per heavy atom. The SMILES string of the molecule is O=[Se]([O-])[O-].O=[Se]([O-])[O-].[Pb+4]. The molecule has 0 bridgehead atoms. The molecule has 0 aromatic heterocycles. The van der Waals surface area contributed by atoms with Gasteiger partial charge in [-0.1, -0.05) is 0 Å². The van der Waals surface area contributed by atoms with Gasteiger partial charge in [0, 0.05) is 0 Å². The second-order valence-electron chi connectivity index (χ2n) is 0.408. The zero-order chi connectivity index (χ0) is 7.15. The number of hydrogen-bond donors (Lipinski definition) is 0. The van der Waals surface area contributed by atoms with Crippen LogP contribution in [0.2, 0.25) is 0 Å².